The molecule has 0 atom stereocenters. The molecule has 0 unspecified atom stereocenters. The third-order valence-corrected chi connectivity index (χ3v) is 4.98. The molecular weight excluding hydrogens is 405 g/mol. The van der Waals surface area contributed by atoms with Crippen LogP contribution in [0.3, 0.4) is 0 Å². The van der Waals surface area contributed by atoms with E-state index in [1.54, 1.807) is 24.4 Å². The molecule has 2 heterocycles. The Morgan fingerprint density at radius 1 is 1.07 bits per heavy atom. The molecule has 0 aliphatic carbocycles. The minimum Gasteiger partial charge on any atom is -0.423 e. The Balaban J connectivity index is 1.56. The summed E-state index contributed by atoms with van der Waals surface area (Å²) in [5.74, 6) is 0. The highest BCUT2D eigenvalue weighted by Crippen LogP contribution is 2.26. The zero-order chi connectivity index (χ0) is 18.8. The summed E-state index contributed by atoms with van der Waals surface area (Å²) >= 11 is 13.4. The van der Waals surface area contributed by atoms with Crippen LogP contribution < -0.4 is 11.1 Å². The number of fused-ring (bicyclic) bond motifs is 1. The number of benzene rings is 2. The summed E-state index contributed by atoms with van der Waals surface area (Å²) in [7, 11) is 0. The predicted octanol–water partition coefficient (Wildman–Crippen LogP) is 5.67. The van der Waals surface area contributed by atoms with Crippen LogP contribution in [0.25, 0.3) is 22.2 Å². The SMILES string of the molecule is O=c1cc(/C=N\Nc2nc(-c3ccc(Cl)cc3)cs2)c2cc(Cl)ccc2o1. The number of hydrazone groups is 1. The fourth-order valence-electron chi connectivity index (χ4n) is 2.50. The normalized spacial score (nSPS) is 11.3. The van der Waals surface area contributed by atoms with Gasteiger partial charge in [-0.3, -0.25) is 5.43 Å². The zero-order valence-electron chi connectivity index (χ0n) is 13.6. The van der Waals surface area contributed by atoms with Crippen molar-refractivity contribution < 1.29 is 4.42 Å². The molecule has 0 saturated carbocycles. The molecule has 0 aliphatic heterocycles. The molecule has 4 rings (SSSR count). The molecule has 8 heteroatoms. The number of nitrogens with one attached hydrogen (secondary N) is 1. The lowest BCUT2D eigenvalue weighted by Crippen LogP contribution is -2.01. The van der Waals surface area contributed by atoms with Gasteiger partial charge in [-0.15, -0.1) is 11.3 Å². The van der Waals surface area contributed by atoms with E-state index in [0.717, 1.165) is 11.3 Å². The minimum atomic E-state index is -0.453. The minimum absolute atomic E-state index is 0.452. The second kappa shape index (κ2) is 7.52. The van der Waals surface area contributed by atoms with E-state index in [2.05, 4.69) is 15.5 Å². The number of thiazole rings is 1. The highest BCUT2D eigenvalue weighted by atomic mass is 35.5. The summed E-state index contributed by atoms with van der Waals surface area (Å²) in [6.07, 6.45) is 1.54. The molecule has 0 radical (unpaired) electrons. The molecule has 0 bridgehead atoms. The Kier molecular flexibility index (Phi) is 4.94. The standard InChI is InChI=1S/C19H11Cl2N3O2S/c20-13-3-1-11(2-4-13)16-10-27-19(23-16)24-22-9-12-7-18(25)26-17-6-5-14(21)8-15(12)17/h1-10H,(H,23,24)/b22-9-. The maximum atomic E-state index is 11.7. The van der Waals surface area contributed by atoms with E-state index in [4.69, 9.17) is 27.6 Å². The highest BCUT2D eigenvalue weighted by molar-refractivity contribution is 7.14. The molecule has 1 N–H and O–H groups in total. The lowest BCUT2D eigenvalue weighted by Gasteiger charge is -2.01. The maximum Gasteiger partial charge on any atom is 0.336 e. The van der Waals surface area contributed by atoms with Gasteiger partial charge in [0.15, 0.2) is 0 Å². The van der Waals surface area contributed by atoms with E-state index < -0.39 is 5.63 Å². The van der Waals surface area contributed by atoms with Crippen LogP contribution in [-0.4, -0.2) is 11.2 Å². The number of hydrogen-bond donors (Lipinski definition) is 1. The van der Waals surface area contributed by atoms with Gasteiger partial charge in [0.05, 0.1) is 11.9 Å². The van der Waals surface area contributed by atoms with Crippen molar-refractivity contribution >= 4 is 56.9 Å². The molecule has 0 aliphatic rings. The smallest absolute Gasteiger partial charge is 0.336 e. The van der Waals surface area contributed by atoms with Crippen LogP contribution in [0.2, 0.25) is 10.0 Å². The van der Waals surface area contributed by atoms with Crippen LogP contribution in [0, 0.1) is 0 Å². The van der Waals surface area contributed by atoms with Crippen LogP contribution in [-0.2, 0) is 0 Å². The van der Waals surface area contributed by atoms with Crippen molar-refractivity contribution in [1.29, 1.82) is 0 Å². The monoisotopic (exact) mass is 415 g/mol. The predicted molar refractivity (Wildman–Crippen MR) is 111 cm³/mol. The van der Waals surface area contributed by atoms with Gasteiger partial charge in [-0.2, -0.15) is 5.10 Å². The van der Waals surface area contributed by atoms with Gasteiger partial charge < -0.3 is 4.42 Å². The Labute approximate surface area is 167 Å². The highest BCUT2D eigenvalue weighted by Gasteiger charge is 2.06. The number of rotatable bonds is 4. The zero-order valence-corrected chi connectivity index (χ0v) is 16.0. The van der Waals surface area contributed by atoms with Gasteiger partial charge in [0.2, 0.25) is 5.13 Å². The Bertz CT molecular complexity index is 1200. The first-order valence-electron chi connectivity index (χ1n) is 7.82. The first-order valence-corrected chi connectivity index (χ1v) is 9.46. The van der Waals surface area contributed by atoms with Gasteiger partial charge >= 0.3 is 5.63 Å². The molecule has 0 fully saturated rings. The number of anilines is 1. The average Bonchev–Trinajstić information content (AvgIpc) is 3.11. The molecule has 5 nitrogen and oxygen atoms in total. The van der Waals surface area contributed by atoms with Gasteiger partial charge in [0.1, 0.15) is 5.58 Å². The first-order chi connectivity index (χ1) is 13.1. The van der Waals surface area contributed by atoms with Crippen molar-refractivity contribution in [1.82, 2.24) is 4.98 Å². The summed E-state index contributed by atoms with van der Waals surface area (Å²) in [6, 6.07) is 13.9. The molecular formula is C19H11Cl2N3O2S. The van der Waals surface area contributed by atoms with Crippen molar-refractivity contribution in [3.8, 4) is 11.3 Å². The fraction of sp³-hybridized carbons (Fsp3) is 0. The molecule has 0 saturated heterocycles. The molecule has 27 heavy (non-hydrogen) atoms. The van der Waals surface area contributed by atoms with Crippen LogP contribution in [0.1, 0.15) is 5.56 Å². The third kappa shape index (κ3) is 4.03. The van der Waals surface area contributed by atoms with Gasteiger partial charge in [-0.05, 0) is 30.3 Å². The summed E-state index contributed by atoms with van der Waals surface area (Å²) in [5.41, 5.74) is 5.27. The van der Waals surface area contributed by atoms with Crippen molar-refractivity contribution in [2.24, 2.45) is 5.10 Å². The molecule has 134 valence electrons. The van der Waals surface area contributed by atoms with Crippen molar-refractivity contribution in [3.05, 3.63) is 79.9 Å². The lowest BCUT2D eigenvalue weighted by molar-refractivity contribution is 0.561. The lowest BCUT2D eigenvalue weighted by atomic mass is 10.1. The Morgan fingerprint density at radius 3 is 2.67 bits per heavy atom. The molecule has 0 spiro atoms. The summed E-state index contributed by atoms with van der Waals surface area (Å²) in [6.45, 7) is 0. The summed E-state index contributed by atoms with van der Waals surface area (Å²) in [4.78, 5) is 16.2. The van der Waals surface area contributed by atoms with Crippen LogP contribution in [0.5, 0.6) is 0 Å². The quantitative estimate of drug-likeness (QED) is 0.265. The van der Waals surface area contributed by atoms with E-state index in [1.807, 2.05) is 29.6 Å². The van der Waals surface area contributed by atoms with Crippen molar-refractivity contribution in [3.63, 3.8) is 0 Å². The number of halogens is 2. The first kappa shape index (κ1) is 17.7. The molecule has 2 aromatic heterocycles. The van der Waals surface area contributed by atoms with Crippen LogP contribution in [0.15, 0.2) is 68.2 Å². The second-order valence-corrected chi connectivity index (χ2v) is 7.31. The molecule has 4 aromatic rings. The van der Waals surface area contributed by atoms with Gasteiger partial charge in [-0.1, -0.05) is 35.3 Å². The topological polar surface area (TPSA) is 67.5 Å². The van der Waals surface area contributed by atoms with Crippen LogP contribution >= 0.6 is 34.5 Å². The van der Waals surface area contributed by atoms with E-state index in [0.29, 0.717) is 31.7 Å². The number of hydrogen-bond acceptors (Lipinski definition) is 6. The summed E-state index contributed by atoms with van der Waals surface area (Å²) in [5, 5.41) is 8.66. The fourth-order valence-corrected chi connectivity index (χ4v) is 3.47. The third-order valence-electron chi connectivity index (χ3n) is 3.74. The Morgan fingerprint density at radius 2 is 1.85 bits per heavy atom. The number of nitrogens with zero attached hydrogens (tertiary/aromatic N) is 2. The van der Waals surface area contributed by atoms with Gasteiger partial charge in [0.25, 0.3) is 0 Å². The van der Waals surface area contributed by atoms with Crippen molar-refractivity contribution in [2.75, 3.05) is 5.43 Å². The Hall–Kier alpha value is -2.67. The summed E-state index contributed by atoms with van der Waals surface area (Å²) < 4.78 is 5.17. The maximum absolute atomic E-state index is 11.7. The molecule has 0 amide bonds. The van der Waals surface area contributed by atoms with Crippen molar-refractivity contribution in [2.45, 2.75) is 0 Å². The second-order valence-electron chi connectivity index (χ2n) is 5.58. The van der Waals surface area contributed by atoms with E-state index >= 15 is 0 Å². The average molecular weight is 416 g/mol. The van der Waals surface area contributed by atoms with E-state index in [-0.39, 0.29) is 0 Å². The molecule has 2 aromatic carbocycles. The van der Waals surface area contributed by atoms with E-state index in [1.165, 1.54) is 17.4 Å². The largest absolute Gasteiger partial charge is 0.423 e. The van der Waals surface area contributed by atoms with Gasteiger partial charge in [-0.25, -0.2) is 9.78 Å². The van der Waals surface area contributed by atoms with E-state index in [9.17, 15) is 4.79 Å². The number of aromatic nitrogens is 1. The van der Waals surface area contributed by atoms with Crippen LogP contribution in [0.4, 0.5) is 5.13 Å². The van der Waals surface area contributed by atoms with Gasteiger partial charge in [0, 0.05) is 38.0 Å².